The minimum atomic E-state index is -4.61. The Labute approximate surface area is 264 Å². The van der Waals surface area contributed by atoms with Crippen LogP contribution in [0.5, 0.6) is 6.01 Å². The summed E-state index contributed by atoms with van der Waals surface area (Å²) in [4.78, 5) is 27.2. The number of sulfonamides is 1. The maximum atomic E-state index is 13.1. The van der Waals surface area contributed by atoms with Gasteiger partial charge >= 0.3 is 12.2 Å². The highest BCUT2D eigenvalue weighted by atomic mass is 35.5. The van der Waals surface area contributed by atoms with Gasteiger partial charge in [-0.15, -0.1) is 0 Å². The number of ether oxygens (including phenoxy) is 1. The van der Waals surface area contributed by atoms with Gasteiger partial charge in [0.25, 0.3) is 5.91 Å². The van der Waals surface area contributed by atoms with Crippen molar-refractivity contribution in [1.82, 2.24) is 24.6 Å². The Morgan fingerprint density at radius 1 is 0.956 bits per heavy atom. The number of carbonyl (C=O) groups is 1. The molecule has 1 amide bonds. The second-order valence-electron chi connectivity index (χ2n) is 11.2. The molecule has 2 aromatic carbocycles. The summed E-state index contributed by atoms with van der Waals surface area (Å²) in [5.41, 5.74) is 0.877. The predicted octanol–water partition coefficient (Wildman–Crippen LogP) is 5.24. The van der Waals surface area contributed by atoms with Gasteiger partial charge in [-0.25, -0.2) is 13.1 Å². The van der Waals surface area contributed by atoms with E-state index in [1.54, 1.807) is 12.1 Å². The van der Waals surface area contributed by atoms with Crippen molar-refractivity contribution in [3.05, 3.63) is 64.7 Å². The maximum absolute atomic E-state index is 13.1. The number of carbonyl (C=O) groups excluding carboxylic acids is 1. The van der Waals surface area contributed by atoms with Gasteiger partial charge in [-0.3, -0.25) is 4.79 Å². The second-order valence-corrected chi connectivity index (χ2v) is 13.7. The molecule has 1 aromatic heterocycles. The van der Waals surface area contributed by atoms with Gasteiger partial charge in [0, 0.05) is 22.8 Å². The molecular formula is C29H33ClF3N7O4S. The van der Waals surface area contributed by atoms with Crippen LogP contribution in [0.15, 0.2) is 48.5 Å². The lowest BCUT2D eigenvalue weighted by atomic mass is 10.1. The van der Waals surface area contributed by atoms with E-state index in [0.29, 0.717) is 43.2 Å². The number of nitrogens with zero attached hydrogens (tertiary/aromatic N) is 4. The van der Waals surface area contributed by atoms with Gasteiger partial charge in [-0.05, 0) is 80.7 Å². The Morgan fingerprint density at radius 3 is 2.13 bits per heavy atom. The van der Waals surface area contributed by atoms with Gasteiger partial charge in [-0.1, -0.05) is 37.6 Å². The molecule has 0 aliphatic heterocycles. The molecule has 0 saturated heterocycles. The maximum Gasteiger partial charge on any atom is 0.422 e. The van der Waals surface area contributed by atoms with Crippen LogP contribution in [-0.4, -0.2) is 71.3 Å². The lowest BCUT2D eigenvalue weighted by Crippen LogP contribution is -2.46. The van der Waals surface area contributed by atoms with Gasteiger partial charge in [0.05, 0.1) is 5.54 Å². The van der Waals surface area contributed by atoms with E-state index in [1.165, 1.54) is 24.3 Å². The summed E-state index contributed by atoms with van der Waals surface area (Å²) in [6.45, 7) is 4.07. The van der Waals surface area contributed by atoms with Crippen molar-refractivity contribution >= 4 is 45.1 Å². The highest BCUT2D eigenvalue weighted by Crippen LogP contribution is 2.48. The highest BCUT2D eigenvalue weighted by Gasteiger charge is 2.55. The van der Waals surface area contributed by atoms with Crippen LogP contribution in [0, 0.1) is 0 Å². The number of hydrogen-bond donors (Lipinski definition) is 3. The number of anilines is 3. The van der Waals surface area contributed by atoms with Crippen LogP contribution in [0.2, 0.25) is 5.02 Å². The summed E-state index contributed by atoms with van der Waals surface area (Å²) in [5, 5.41) is 6.64. The van der Waals surface area contributed by atoms with E-state index in [0.717, 1.165) is 18.4 Å². The number of aromatic nitrogens is 3. The summed E-state index contributed by atoms with van der Waals surface area (Å²) in [6, 6.07) is 12.5. The standard InChI is InChI=1S/C29H33ClF3N7O4S/c1-3-40(4-2)17-27(13-14-27)45(42,43)39-23(41)19-5-11-22(12-6-19)34-24-35-25(37-26(36-24)44-18-29(31,32)33)38-28(15-16-28)20-7-9-21(30)10-8-20/h5-12H,3-4,13-18H2,1-2H3,(H,39,41)(H2,34,35,36,37,38). The number of halogens is 4. The zero-order valence-corrected chi connectivity index (χ0v) is 26.2. The van der Waals surface area contributed by atoms with Crippen LogP contribution < -0.4 is 20.1 Å². The van der Waals surface area contributed by atoms with Crippen molar-refractivity contribution in [2.75, 3.05) is 36.9 Å². The minimum Gasteiger partial charge on any atom is -0.454 e. The summed E-state index contributed by atoms with van der Waals surface area (Å²) in [7, 11) is -3.92. The van der Waals surface area contributed by atoms with E-state index >= 15 is 0 Å². The smallest absolute Gasteiger partial charge is 0.422 e. The van der Waals surface area contributed by atoms with Gasteiger partial charge in [-0.2, -0.15) is 28.1 Å². The van der Waals surface area contributed by atoms with Crippen LogP contribution >= 0.6 is 11.6 Å². The molecule has 0 radical (unpaired) electrons. The molecule has 0 unspecified atom stereocenters. The predicted molar refractivity (Wildman–Crippen MR) is 163 cm³/mol. The first-order chi connectivity index (χ1) is 21.3. The van der Waals surface area contributed by atoms with E-state index in [4.69, 9.17) is 16.3 Å². The van der Waals surface area contributed by atoms with Crippen molar-refractivity contribution in [2.24, 2.45) is 0 Å². The first kappa shape index (κ1) is 32.7. The van der Waals surface area contributed by atoms with E-state index in [1.807, 2.05) is 30.9 Å². The average Bonchev–Trinajstić information content (AvgIpc) is 3.92. The Morgan fingerprint density at radius 2 is 1.58 bits per heavy atom. The molecule has 2 saturated carbocycles. The molecule has 3 aromatic rings. The van der Waals surface area contributed by atoms with E-state index < -0.39 is 45.0 Å². The van der Waals surface area contributed by atoms with Crippen LogP contribution in [0.25, 0.3) is 0 Å². The van der Waals surface area contributed by atoms with Gasteiger partial charge in [0.1, 0.15) is 4.75 Å². The molecule has 2 aliphatic rings. The summed E-state index contributed by atoms with van der Waals surface area (Å²) < 4.78 is 70.8. The highest BCUT2D eigenvalue weighted by molar-refractivity contribution is 7.91. The van der Waals surface area contributed by atoms with E-state index in [-0.39, 0.29) is 17.5 Å². The van der Waals surface area contributed by atoms with E-state index in [2.05, 4.69) is 30.3 Å². The van der Waals surface area contributed by atoms with Gasteiger partial charge in [0.2, 0.25) is 21.9 Å². The molecule has 2 aliphatic carbocycles. The fraction of sp³-hybridized carbons (Fsp3) is 0.448. The molecule has 3 N–H and O–H groups in total. The zero-order valence-electron chi connectivity index (χ0n) is 24.6. The summed E-state index contributed by atoms with van der Waals surface area (Å²) in [5.74, 6) is -0.876. The molecule has 0 atom stereocenters. The van der Waals surface area contributed by atoms with Crippen molar-refractivity contribution in [2.45, 2.75) is 56.0 Å². The van der Waals surface area contributed by atoms with Crippen molar-refractivity contribution in [3.8, 4) is 6.01 Å². The Bertz CT molecular complexity index is 1630. The van der Waals surface area contributed by atoms with Crippen molar-refractivity contribution in [1.29, 1.82) is 0 Å². The molecule has 1 heterocycles. The third-order valence-electron chi connectivity index (χ3n) is 7.89. The molecule has 5 rings (SSSR count). The normalized spacial score (nSPS) is 16.6. The molecular weight excluding hydrogens is 635 g/mol. The third kappa shape index (κ3) is 7.94. The zero-order chi connectivity index (χ0) is 32.5. The number of alkyl halides is 3. The molecule has 45 heavy (non-hydrogen) atoms. The second kappa shape index (κ2) is 12.6. The van der Waals surface area contributed by atoms with Gasteiger partial charge in [0.15, 0.2) is 6.61 Å². The number of hydrogen-bond acceptors (Lipinski definition) is 10. The molecule has 2 fully saturated rings. The molecule has 11 nitrogen and oxygen atoms in total. The van der Waals surface area contributed by atoms with Crippen LogP contribution in [-0.2, 0) is 15.6 Å². The first-order valence-corrected chi connectivity index (χ1v) is 16.3. The first-order valence-electron chi connectivity index (χ1n) is 14.4. The SMILES string of the molecule is CCN(CC)CC1(S(=O)(=O)NC(=O)c2ccc(Nc3nc(NC4(c5ccc(Cl)cc5)CC4)nc(OCC(F)(F)F)n3)cc2)CC1. The Balaban J connectivity index is 1.30. The molecule has 0 bridgehead atoms. The van der Waals surface area contributed by atoms with Crippen molar-refractivity contribution < 1.29 is 31.1 Å². The molecule has 242 valence electrons. The number of benzene rings is 2. The summed E-state index contributed by atoms with van der Waals surface area (Å²) in [6.07, 6.45) is -2.18. The lowest BCUT2D eigenvalue weighted by Gasteiger charge is -2.25. The molecule has 0 spiro atoms. The average molecular weight is 668 g/mol. The fourth-order valence-electron chi connectivity index (χ4n) is 4.90. The lowest BCUT2D eigenvalue weighted by molar-refractivity contribution is -0.154. The topological polar surface area (TPSA) is 138 Å². The Kier molecular flexibility index (Phi) is 9.16. The number of nitrogens with one attached hydrogen (secondary N) is 3. The van der Waals surface area contributed by atoms with Crippen molar-refractivity contribution in [3.63, 3.8) is 0 Å². The molecule has 16 heteroatoms. The van der Waals surface area contributed by atoms with Crippen LogP contribution in [0.1, 0.15) is 55.5 Å². The third-order valence-corrected chi connectivity index (χ3v) is 10.3. The minimum absolute atomic E-state index is 0.00274. The van der Waals surface area contributed by atoms with E-state index in [9.17, 15) is 26.4 Å². The largest absolute Gasteiger partial charge is 0.454 e. The number of rotatable bonds is 14. The van der Waals surface area contributed by atoms with Crippen LogP contribution in [0.3, 0.4) is 0 Å². The summed E-state index contributed by atoms with van der Waals surface area (Å²) >= 11 is 6.01. The fourth-order valence-corrected chi connectivity index (χ4v) is 6.60. The quantitative estimate of drug-likeness (QED) is 0.209. The van der Waals surface area contributed by atoms with Gasteiger partial charge < -0.3 is 20.3 Å². The van der Waals surface area contributed by atoms with Crippen LogP contribution in [0.4, 0.5) is 30.8 Å². The Hall–Kier alpha value is -3.69. The number of amides is 1. The monoisotopic (exact) mass is 667 g/mol.